The van der Waals surface area contributed by atoms with Gasteiger partial charge in [-0.3, -0.25) is 9.59 Å². The van der Waals surface area contributed by atoms with E-state index in [0.29, 0.717) is 28.7 Å². The number of carboxylic acids is 1. The van der Waals surface area contributed by atoms with Crippen LogP contribution in [0.25, 0.3) is 11.0 Å². The highest BCUT2D eigenvalue weighted by atomic mass is 16.4. The molecule has 0 fully saturated rings. The Morgan fingerprint density at radius 1 is 1.05 bits per heavy atom. The number of carboxylic acid groups (broad SMARTS) is 1. The van der Waals surface area contributed by atoms with Crippen molar-refractivity contribution in [1.29, 1.82) is 0 Å². The van der Waals surface area contributed by atoms with E-state index < -0.39 is 5.97 Å². The van der Waals surface area contributed by atoms with Crippen LogP contribution in [0, 0.1) is 0 Å². The summed E-state index contributed by atoms with van der Waals surface area (Å²) < 4.78 is 5.82. The molecule has 0 saturated heterocycles. The summed E-state index contributed by atoms with van der Waals surface area (Å²) in [5.41, 5.74) is 1.75. The predicted molar refractivity (Wildman–Crippen MR) is 83.1 cm³/mol. The molecule has 4 nitrogen and oxygen atoms in total. The van der Waals surface area contributed by atoms with Gasteiger partial charge in [0.1, 0.15) is 11.3 Å². The fraction of sp³-hybridized carbons (Fsp3) is 0.111. The van der Waals surface area contributed by atoms with Gasteiger partial charge in [-0.2, -0.15) is 0 Å². The van der Waals surface area contributed by atoms with Crippen molar-refractivity contribution < 1.29 is 14.3 Å². The maximum absolute atomic E-state index is 12.2. The molecule has 3 aromatic rings. The van der Waals surface area contributed by atoms with Crippen LogP contribution in [0.4, 0.5) is 0 Å². The Bertz CT molecular complexity index is 878. The third-order valence-electron chi connectivity index (χ3n) is 3.45. The molecular weight excluding hydrogens is 280 g/mol. The van der Waals surface area contributed by atoms with Crippen molar-refractivity contribution in [2.24, 2.45) is 0 Å². The summed E-state index contributed by atoms with van der Waals surface area (Å²) in [7, 11) is 0. The first kappa shape index (κ1) is 14.1. The van der Waals surface area contributed by atoms with Gasteiger partial charge in [0.2, 0.25) is 0 Å². The number of carbonyl (C=O) groups is 1. The lowest BCUT2D eigenvalue weighted by Gasteiger charge is -2.06. The number of hydrogen-bond donors (Lipinski definition) is 1. The van der Waals surface area contributed by atoms with Crippen molar-refractivity contribution in [2.45, 2.75) is 12.8 Å². The van der Waals surface area contributed by atoms with Crippen molar-refractivity contribution in [2.75, 3.05) is 0 Å². The summed E-state index contributed by atoms with van der Waals surface area (Å²) in [6.45, 7) is 0. The molecule has 0 unspecified atom stereocenters. The molecule has 0 radical (unpaired) electrons. The molecule has 110 valence electrons. The smallest absolute Gasteiger partial charge is 0.307 e. The molecular formula is C18H14O4. The zero-order chi connectivity index (χ0) is 15.5. The van der Waals surface area contributed by atoms with Crippen molar-refractivity contribution in [3.8, 4) is 0 Å². The third-order valence-corrected chi connectivity index (χ3v) is 3.45. The van der Waals surface area contributed by atoms with Crippen LogP contribution in [0.5, 0.6) is 0 Å². The van der Waals surface area contributed by atoms with E-state index in [9.17, 15) is 9.59 Å². The Labute approximate surface area is 126 Å². The summed E-state index contributed by atoms with van der Waals surface area (Å²) in [5, 5.41) is 9.39. The summed E-state index contributed by atoms with van der Waals surface area (Å²) in [4.78, 5) is 23.2. The normalized spacial score (nSPS) is 10.7. The number of benzene rings is 2. The summed E-state index contributed by atoms with van der Waals surface area (Å²) in [6.07, 6.45) is 0.322. The Morgan fingerprint density at radius 3 is 2.55 bits per heavy atom. The maximum Gasteiger partial charge on any atom is 0.307 e. The molecule has 0 amide bonds. The van der Waals surface area contributed by atoms with Gasteiger partial charge in [-0.15, -0.1) is 0 Å². The Hall–Kier alpha value is -2.88. The van der Waals surface area contributed by atoms with Gasteiger partial charge in [-0.1, -0.05) is 42.5 Å². The second-order valence-corrected chi connectivity index (χ2v) is 5.10. The summed E-state index contributed by atoms with van der Waals surface area (Å²) in [5.74, 6) is -0.426. The van der Waals surface area contributed by atoms with Gasteiger partial charge in [0, 0.05) is 18.1 Å². The van der Waals surface area contributed by atoms with Crippen LogP contribution >= 0.6 is 0 Å². The second kappa shape index (κ2) is 5.85. The monoisotopic (exact) mass is 294 g/mol. The average Bonchev–Trinajstić information content (AvgIpc) is 2.49. The van der Waals surface area contributed by atoms with E-state index in [-0.39, 0.29) is 11.8 Å². The molecule has 0 saturated carbocycles. The van der Waals surface area contributed by atoms with Crippen molar-refractivity contribution >= 4 is 16.9 Å². The van der Waals surface area contributed by atoms with Gasteiger partial charge in [0.25, 0.3) is 0 Å². The molecule has 0 aliphatic rings. The van der Waals surface area contributed by atoms with Crippen LogP contribution in [-0.4, -0.2) is 11.1 Å². The highest BCUT2D eigenvalue weighted by Gasteiger charge is 2.11. The van der Waals surface area contributed by atoms with Crippen molar-refractivity contribution in [3.05, 3.63) is 81.7 Å². The van der Waals surface area contributed by atoms with E-state index in [1.54, 1.807) is 18.2 Å². The molecule has 3 rings (SSSR count). The molecule has 0 atom stereocenters. The van der Waals surface area contributed by atoms with E-state index in [4.69, 9.17) is 9.52 Å². The number of hydrogen-bond acceptors (Lipinski definition) is 3. The van der Waals surface area contributed by atoms with Gasteiger partial charge in [0.05, 0.1) is 11.8 Å². The van der Waals surface area contributed by atoms with E-state index in [1.165, 1.54) is 6.07 Å². The quantitative estimate of drug-likeness (QED) is 0.803. The lowest BCUT2D eigenvalue weighted by atomic mass is 10.1. The van der Waals surface area contributed by atoms with Crippen LogP contribution < -0.4 is 5.43 Å². The fourth-order valence-electron chi connectivity index (χ4n) is 2.47. The molecule has 0 spiro atoms. The largest absolute Gasteiger partial charge is 0.481 e. The summed E-state index contributed by atoms with van der Waals surface area (Å²) >= 11 is 0. The molecule has 0 aliphatic carbocycles. The SMILES string of the molecule is O=C(O)Cc1cccc2c(=O)cc(Cc3ccccc3)oc12. The van der Waals surface area contributed by atoms with Gasteiger partial charge in [-0.25, -0.2) is 0 Å². The van der Waals surface area contributed by atoms with E-state index >= 15 is 0 Å². The molecule has 1 heterocycles. The Morgan fingerprint density at radius 2 is 1.82 bits per heavy atom. The average molecular weight is 294 g/mol. The van der Waals surface area contributed by atoms with E-state index in [1.807, 2.05) is 30.3 Å². The van der Waals surface area contributed by atoms with E-state index in [2.05, 4.69) is 0 Å². The Balaban J connectivity index is 2.10. The molecule has 1 aromatic heterocycles. The first-order valence-electron chi connectivity index (χ1n) is 6.94. The molecule has 2 aromatic carbocycles. The zero-order valence-electron chi connectivity index (χ0n) is 11.8. The zero-order valence-corrected chi connectivity index (χ0v) is 11.8. The maximum atomic E-state index is 12.2. The number of rotatable bonds is 4. The minimum Gasteiger partial charge on any atom is -0.481 e. The minimum absolute atomic E-state index is 0.153. The minimum atomic E-state index is -0.955. The topological polar surface area (TPSA) is 67.5 Å². The van der Waals surface area contributed by atoms with Crippen molar-refractivity contribution in [1.82, 2.24) is 0 Å². The van der Waals surface area contributed by atoms with Gasteiger partial charge in [-0.05, 0) is 11.6 Å². The molecule has 0 bridgehead atoms. The highest BCUT2D eigenvalue weighted by Crippen LogP contribution is 2.19. The van der Waals surface area contributed by atoms with Crippen LogP contribution in [0.1, 0.15) is 16.9 Å². The van der Waals surface area contributed by atoms with Crippen molar-refractivity contribution in [3.63, 3.8) is 0 Å². The van der Waals surface area contributed by atoms with Gasteiger partial charge >= 0.3 is 5.97 Å². The number of aliphatic carboxylic acids is 1. The first-order valence-corrected chi connectivity index (χ1v) is 6.94. The van der Waals surface area contributed by atoms with Crippen LogP contribution in [0.3, 0.4) is 0 Å². The molecule has 22 heavy (non-hydrogen) atoms. The van der Waals surface area contributed by atoms with Gasteiger partial charge in [0.15, 0.2) is 5.43 Å². The van der Waals surface area contributed by atoms with E-state index in [0.717, 1.165) is 5.56 Å². The lowest BCUT2D eigenvalue weighted by molar-refractivity contribution is -0.136. The van der Waals surface area contributed by atoms with Crippen LogP contribution in [0.15, 0.2) is 63.8 Å². The highest BCUT2D eigenvalue weighted by molar-refractivity contribution is 5.83. The predicted octanol–water partition coefficient (Wildman–Crippen LogP) is 3.01. The van der Waals surface area contributed by atoms with Crippen LogP contribution in [0.2, 0.25) is 0 Å². The molecule has 4 heteroatoms. The fourth-order valence-corrected chi connectivity index (χ4v) is 2.47. The lowest BCUT2D eigenvalue weighted by Crippen LogP contribution is -2.06. The second-order valence-electron chi connectivity index (χ2n) is 5.10. The standard InChI is InChI=1S/C18H14O4/c19-16-11-14(9-12-5-2-1-3-6-12)22-18-13(10-17(20)21)7-4-8-15(16)18/h1-8,11H,9-10H2,(H,20,21). The summed E-state index contributed by atoms with van der Waals surface area (Å²) in [6, 6.07) is 16.1. The number of para-hydroxylation sites is 1. The molecule has 1 N–H and O–H groups in total. The van der Waals surface area contributed by atoms with Gasteiger partial charge < -0.3 is 9.52 Å². The third kappa shape index (κ3) is 2.91. The van der Waals surface area contributed by atoms with Crippen LogP contribution in [-0.2, 0) is 17.6 Å². The molecule has 0 aliphatic heterocycles. The first-order chi connectivity index (χ1) is 10.6. The Kier molecular flexibility index (Phi) is 3.74. The number of fused-ring (bicyclic) bond motifs is 1.